The summed E-state index contributed by atoms with van der Waals surface area (Å²) < 4.78 is 0. The van der Waals surface area contributed by atoms with Crippen molar-refractivity contribution in [1.82, 2.24) is 10.2 Å². The Labute approximate surface area is 173 Å². The van der Waals surface area contributed by atoms with Gasteiger partial charge in [0, 0.05) is 30.5 Å². The molecule has 3 rings (SSSR count). The smallest absolute Gasteiger partial charge is 0.223 e. The van der Waals surface area contributed by atoms with E-state index in [1.54, 1.807) is 0 Å². The molecule has 4 heteroatoms. The van der Waals surface area contributed by atoms with E-state index in [2.05, 4.69) is 72.6 Å². The van der Waals surface area contributed by atoms with Crippen LogP contribution in [0.5, 0.6) is 0 Å². The van der Waals surface area contributed by atoms with Gasteiger partial charge in [0.05, 0.1) is 0 Å². The number of benzene rings is 2. The van der Waals surface area contributed by atoms with Crippen LogP contribution in [0.1, 0.15) is 35.1 Å². The van der Waals surface area contributed by atoms with Crippen LogP contribution in [-0.2, 0) is 17.1 Å². The molecular formula is C24H32N2OS. The first-order chi connectivity index (χ1) is 13.6. The summed E-state index contributed by atoms with van der Waals surface area (Å²) in [5.41, 5.74) is 5.42. The fraction of sp³-hybridized carbons (Fsp3) is 0.458. The van der Waals surface area contributed by atoms with Gasteiger partial charge in [-0.15, -0.1) is 0 Å². The molecule has 0 aliphatic carbocycles. The average molecular weight is 397 g/mol. The molecule has 1 heterocycles. The molecule has 0 spiro atoms. The number of thioether (sulfide) groups is 1. The lowest BCUT2D eigenvalue weighted by Gasteiger charge is -2.31. The van der Waals surface area contributed by atoms with Gasteiger partial charge in [-0.05, 0) is 56.5 Å². The quantitative estimate of drug-likeness (QED) is 0.664. The number of hydrogen-bond donors (Lipinski definition) is 1. The highest BCUT2D eigenvalue weighted by Crippen LogP contribution is 2.20. The number of nitrogens with zero attached hydrogens (tertiary/aromatic N) is 1. The van der Waals surface area contributed by atoms with E-state index in [0.29, 0.717) is 0 Å². The second kappa shape index (κ2) is 10.7. The molecule has 1 amide bonds. The first-order valence-corrected chi connectivity index (χ1v) is 11.4. The molecule has 0 unspecified atom stereocenters. The highest BCUT2D eigenvalue weighted by atomic mass is 32.2. The molecule has 1 saturated heterocycles. The summed E-state index contributed by atoms with van der Waals surface area (Å²) in [5.74, 6) is 2.39. The summed E-state index contributed by atoms with van der Waals surface area (Å²) in [5, 5.41) is 3.15. The number of nitrogens with one attached hydrogen (secondary N) is 1. The van der Waals surface area contributed by atoms with Gasteiger partial charge in [0.25, 0.3) is 0 Å². The standard InChI is InChI=1S/C24H32N2OS/c1-19-6-5-8-21(16-19)18-28-15-12-25-24(27)22-10-13-26(14-11-22)17-23-9-4-3-7-20(23)2/h3-9,16,22H,10-15,17-18H2,1-2H3,(H,25,27). The van der Waals surface area contributed by atoms with E-state index in [9.17, 15) is 4.79 Å². The van der Waals surface area contributed by atoms with Crippen molar-refractivity contribution in [3.8, 4) is 0 Å². The Morgan fingerprint density at radius 3 is 2.64 bits per heavy atom. The van der Waals surface area contributed by atoms with E-state index < -0.39 is 0 Å². The van der Waals surface area contributed by atoms with Gasteiger partial charge in [-0.25, -0.2) is 0 Å². The van der Waals surface area contributed by atoms with Crippen molar-refractivity contribution in [3.63, 3.8) is 0 Å². The third-order valence-electron chi connectivity index (χ3n) is 5.51. The van der Waals surface area contributed by atoms with E-state index in [4.69, 9.17) is 0 Å². The average Bonchev–Trinajstić information content (AvgIpc) is 2.70. The van der Waals surface area contributed by atoms with Crippen molar-refractivity contribution in [2.45, 2.75) is 39.0 Å². The Morgan fingerprint density at radius 2 is 1.89 bits per heavy atom. The molecule has 0 saturated carbocycles. The Bertz CT molecular complexity index is 769. The maximum atomic E-state index is 12.5. The molecule has 150 valence electrons. The van der Waals surface area contributed by atoms with Crippen LogP contribution in [0.2, 0.25) is 0 Å². The van der Waals surface area contributed by atoms with Gasteiger partial charge in [0.15, 0.2) is 0 Å². The Balaban J connectivity index is 1.31. The predicted octanol–water partition coefficient (Wildman–Crippen LogP) is 4.57. The van der Waals surface area contributed by atoms with Gasteiger partial charge in [0.2, 0.25) is 5.91 Å². The number of hydrogen-bond acceptors (Lipinski definition) is 3. The first kappa shape index (κ1) is 20.9. The van der Waals surface area contributed by atoms with Gasteiger partial charge >= 0.3 is 0 Å². The van der Waals surface area contributed by atoms with E-state index in [0.717, 1.165) is 50.5 Å². The van der Waals surface area contributed by atoms with Gasteiger partial charge in [0.1, 0.15) is 0 Å². The number of aryl methyl sites for hydroxylation is 2. The highest BCUT2D eigenvalue weighted by molar-refractivity contribution is 7.98. The van der Waals surface area contributed by atoms with Crippen molar-refractivity contribution in [2.24, 2.45) is 5.92 Å². The topological polar surface area (TPSA) is 32.3 Å². The van der Waals surface area contributed by atoms with Crippen molar-refractivity contribution in [2.75, 3.05) is 25.4 Å². The normalized spacial score (nSPS) is 15.5. The monoisotopic (exact) mass is 396 g/mol. The van der Waals surface area contributed by atoms with Crippen LogP contribution in [0, 0.1) is 19.8 Å². The number of likely N-dealkylation sites (tertiary alicyclic amines) is 1. The minimum Gasteiger partial charge on any atom is -0.355 e. The minimum absolute atomic E-state index is 0.176. The fourth-order valence-corrected chi connectivity index (χ4v) is 4.57. The molecule has 1 aliphatic heterocycles. The molecule has 0 atom stereocenters. The fourth-order valence-electron chi connectivity index (χ4n) is 3.76. The second-order valence-electron chi connectivity index (χ2n) is 7.81. The molecule has 1 fully saturated rings. The molecule has 2 aromatic rings. The summed E-state index contributed by atoms with van der Waals surface area (Å²) in [6.45, 7) is 8.08. The van der Waals surface area contributed by atoms with Crippen LogP contribution < -0.4 is 5.32 Å². The Kier molecular flexibility index (Phi) is 7.99. The molecule has 28 heavy (non-hydrogen) atoms. The summed E-state index contributed by atoms with van der Waals surface area (Å²) in [7, 11) is 0. The third kappa shape index (κ3) is 6.39. The van der Waals surface area contributed by atoms with Crippen molar-refractivity contribution in [3.05, 3.63) is 70.8 Å². The molecule has 1 N–H and O–H groups in total. The van der Waals surface area contributed by atoms with Crippen molar-refractivity contribution >= 4 is 17.7 Å². The zero-order valence-corrected chi connectivity index (χ0v) is 17.9. The summed E-state index contributed by atoms with van der Waals surface area (Å²) >= 11 is 1.88. The van der Waals surface area contributed by atoms with Crippen LogP contribution in [0.4, 0.5) is 0 Å². The van der Waals surface area contributed by atoms with Crippen molar-refractivity contribution < 1.29 is 4.79 Å². The molecule has 3 nitrogen and oxygen atoms in total. The lowest BCUT2D eigenvalue weighted by Crippen LogP contribution is -2.40. The third-order valence-corrected chi connectivity index (χ3v) is 6.54. The van der Waals surface area contributed by atoms with Gasteiger partial charge < -0.3 is 5.32 Å². The highest BCUT2D eigenvalue weighted by Gasteiger charge is 2.24. The van der Waals surface area contributed by atoms with Gasteiger partial charge in [-0.1, -0.05) is 54.1 Å². The van der Waals surface area contributed by atoms with Crippen LogP contribution in [-0.4, -0.2) is 36.2 Å². The van der Waals surface area contributed by atoms with Crippen LogP contribution in [0.25, 0.3) is 0 Å². The van der Waals surface area contributed by atoms with Gasteiger partial charge in [-0.2, -0.15) is 11.8 Å². The Morgan fingerprint density at radius 1 is 1.11 bits per heavy atom. The summed E-state index contributed by atoms with van der Waals surface area (Å²) in [4.78, 5) is 14.9. The van der Waals surface area contributed by atoms with E-state index >= 15 is 0 Å². The van der Waals surface area contributed by atoms with Crippen LogP contribution in [0.15, 0.2) is 48.5 Å². The van der Waals surface area contributed by atoms with E-state index in [-0.39, 0.29) is 11.8 Å². The second-order valence-corrected chi connectivity index (χ2v) is 8.91. The summed E-state index contributed by atoms with van der Waals surface area (Å²) in [6.07, 6.45) is 1.93. The SMILES string of the molecule is Cc1cccc(CSCCNC(=O)C2CCN(Cc3ccccc3C)CC2)c1. The molecule has 0 aromatic heterocycles. The molecule has 1 aliphatic rings. The number of piperidine rings is 1. The number of rotatable bonds is 8. The molecule has 2 aromatic carbocycles. The maximum Gasteiger partial charge on any atom is 0.223 e. The van der Waals surface area contributed by atoms with Crippen LogP contribution in [0.3, 0.4) is 0 Å². The van der Waals surface area contributed by atoms with Gasteiger partial charge in [-0.3, -0.25) is 9.69 Å². The lowest BCUT2D eigenvalue weighted by atomic mass is 9.95. The Hall–Kier alpha value is -1.78. The van der Waals surface area contributed by atoms with E-state index in [1.165, 1.54) is 22.3 Å². The number of carbonyl (C=O) groups is 1. The molecule has 0 radical (unpaired) electrons. The van der Waals surface area contributed by atoms with Crippen molar-refractivity contribution in [1.29, 1.82) is 0 Å². The predicted molar refractivity (Wildman–Crippen MR) is 120 cm³/mol. The van der Waals surface area contributed by atoms with Crippen LogP contribution >= 0.6 is 11.8 Å². The first-order valence-electron chi connectivity index (χ1n) is 10.3. The maximum absolute atomic E-state index is 12.5. The largest absolute Gasteiger partial charge is 0.355 e. The minimum atomic E-state index is 0.176. The zero-order chi connectivity index (χ0) is 19.8. The molecule has 0 bridgehead atoms. The lowest BCUT2D eigenvalue weighted by molar-refractivity contribution is -0.126. The summed E-state index contributed by atoms with van der Waals surface area (Å²) in [6, 6.07) is 17.2. The molecular weight excluding hydrogens is 364 g/mol. The van der Waals surface area contributed by atoms with E-state index in [1.807, 2.05) is 11.8 Å². The zero-order valence-electron chi connectivity index (χ0n) is 17.1. The number of amides is 1. The number of carbonyl (C=O) groups excluding carboxylic acids is 1.